The molecule has 2 heterocycles. The zero-order valence-electron chi connectivity index (χ0n) is 22.1. The highest BCUT2D eigenvalue weighted by Crippen LogP contribution is 2.57. The predicted octanol–water partition coefficient (Wildman–Crippen LogP) is 4.67. The zero-order chi connectivity index (χ0) is 25.9. The zero-order valence-corrected chi connectivity index (χ0v) is 22.1. The van der Waals surface area contributed by atoms with E-state index in [-0.39, 0.29) is 35.7 Å². The summed E-state index contributed by atoms with van der Waals surface area (Å²) >= 11 is 0. The molecule has 1 N–H and O–H groups in total. The van der Waals surface area contributed by atoms with Crippen LogP contribution in [0, 0.1) is 29.1 Å². The summed E-state index contributed by atoms with van der Waals surface area (Å²) in [7, 11) is 3.93. The van der Waals surface area contributed by atoms with Gasteiger partial charge in [0.25, 0.3) is 0 Å². The number of nitrogens with zero attached hydrogens (tertiary/aromatic N) is 2. The van der Waals surface area contributed by atoms with E-state index in [1.807, 2.05) is 62.5 Å². The van der Waals surface area contributed by atoms with E-state index in [1.54, 1.807) is 0 Å². The van der Waals surface area contributed by atoms with Crippen molar-refractivity contribution in [2.45, 2.75) is 39.7 Å². The number of rotatable bonds is 8. The Balaban J connectivity index is 1.62. The van der Waals surface area contributed by atoms with Gasteiger partial charge in [0.15, 0.2) is 5.41 Å². The monoisotopic (exact) mass is 489 g/mol. The highest BCUT2D eigenvalue weighted by atomic mass is 16.6. The van der Waals surface area contributed by atoms with Gasteiger partial charge in [-0.15, -0.1) is 0 Å². The molecule has 1 saturated heterocycles. The van der Waals surface area contributed by atoms with Gasteiger partial charge in [-0.1, -0.05) is 62.7 Å². The molecule has 36 heavy (non-hydrogen) atoms. The van der Waals surface area contributed by atoms with Crippen LogP contribution in [0.4, 0.5) is 0 Å². The third kappa shape index (κ3) is 4.96. The first-order valence-electron chi connectivity index (χ1n) is 13.1. The van der Waals surface area contributed by atoms with Crippen LogP contribution in [0.25, 0.3) is 17.2 Å². The summed E-state index contributed by atoms with van der Waals surface area (Å²) in [5, 5.41) is 3.05. The number of ether oxygens (including phenoxy) is 1. The molecule has 6 heteroatoms. The predicted molar refractivity (Wildman–Crippen MR) is 143 cm³/mol. The van der Waals surface area contributed by atoms with Gasteiger partial charge in [0.2, 0.25) is 5.91 Å². The van der Waals surface area contributed by atoms with Crippen molar-refractivity contribution in [3.05, 3.63) is 60.4 Å². The standard InChI is InChI=1S/C30H39N3O3/c1-6-25-20(2)18-30(28(34)31-16-17-33(4)5)27(21(3)36-29(30)35)26(25)15-14-24-13-12-23(19-32-24)22-10-8-7-9-11-22/h7-15,19-21,25-27H,6,16-18H2,1-5H3,(H,31,34)/b15-14+/t20?,21?,25?,26?,27?,30-/m1/s1. The Morgan fingerprint density at radius 1 is 1.17 bits per heavy atom. The summed E-state index contributed by atoms with van der Waals surface area (Å²) in [6, 6.07) is 14.3. The number of cyclic esters (lactones) is 1. The van der Waals surface area contributed by atoms with Crippen molar-refractivity contribution >= 4 is 18.0 Å². The topological polar surface area (TPSA) is 71.5 Å². The molecule has 1 aliphatic carbocycles. The van der Waals surface area contributed by atoms with E-state index in [2.05, 4.69) is 48.4 Å². The molecule has 1 amide bonds. The molecule has 5 unspecified atom stereocenters. The van der Waals surface area contributed by atoms with Crippen LogP contribution in [0.3, 0.4) is 0 Å². The third-order valence-electron chi connectivity index (χ3n) is 8.12. The number of pyridine rings is 1. The number of benzene rings is 1. The number of esters is 1. The minimum Gasteiger partial charge on any atom is -0.461 e. The molecule has 192 valence electrons. The van der Waals surface area contributed by atoms with Gasteiger partial charge in [-0.3, -0.25) is 14.6 Å². The number of likely N-dealkylation sites (N-methyl/N-ethyl adjacent to an activating group) is 1. The van der Waals surface area contributed by atoms with Crippen molar-refractivity contribution in [1.82, 2.24) is 15.2 Å². The lowest BCUT2D eigenvalue weighted by Gasteiger charge is -2.47. The normalized spacial score (nSPS) is 29.8. The molecule has 4 rings (SSSR count). The Morgan fingerprint density at radius 3 is 2.56 bits per heavy atom. The lowest BCUT2D eigenvalue weighted by molar-refractivity contribution is -0.157. The van der Waals surface area contributed by atoms with Crippen molar-refractivity contribution in [2.24, 2.45) is 29.1 Å². The molecule has 1 aromatic carbocycles. The lowest BCUT2D eigenvalue weighted by atomic mass is 9.53. The van der Waals surface area contributed by atoms with Gasteiger partial charge in [-0.2, -0.15) is 0 Å². The highest BCUT2D eigenvalue weighted by molar-refractivity contribution is 6.04. The first-order valence-corrected chi connectivity index (χ1v) is 13.1. The molecule has 6 atom stereocenters. The number of hydrogen-bond donors (Lipinski definition) is 1. The van der Waals surface area contributed by atoms with Crippen LogP contribution in [-0.2, 0) is 14.3 Å². The van der Waals surface area contributed by atoms with Gasteiger partial charge in [0.1, 0.15) is 6.10 Å². The summed E-state index contributed by atoms with van der Waals surface area (Å²) in [5.74, 6) is -0.150. The average molecular weight is 490 g/mol. The molecule has 2 fully saturated rings. The Labute approximate surface area is 215 Å². The number of amides is 1. The van der Waals surface area contributed by atoms with Crippen LogP contribution in [0.15, 0.2) is 54.7 Å². The largest absolute Gasteiger partial charge is 0.461 e. The van der Waals surface area contributed by atoms with Crippen molar-refractivity contribution in [2.75, 3.05) is 27.2 Å². The number of hydrogen-bond acceptors (Lipinski definition) is 5. The van der Waals surface area contributed by atoms with Crippen LogP contribution in [-0.4, -0.2) is 55.0 Å². The van der Waals surface area contributed by atoms with Gasteiger partial charge in [0.05, 0.1) is 5.69 Å². The molecule has 2 aliphatic rings. The van der Waals surface area contributed by atoms with Crippen LogP contribution < -0.4 is 5.32 Å². The minimum atomic E-state index is -1.14. The maximum atomic E-state index is 13.6. The average Bonchev–Trinajstić information content (AvgIpc) is 3.12. The molecule has 1 aromatic heterocycles. The maximum absolute atomic E-state index is 13.6. The fraction of sp³-hybridized carbons (Fsp3) is 0.500. The molecule has 1 aliphatic heterocycles. The summed E-state index contributed by atoms with van der Waals surface area (Å²) in [6.07, 6.45) is 7.31. The second-order valence-corrected chi connectivity index (χ2v) is 10.7. The number of nitrogens with one attached hydrogen (secondary N) is 1. The molecule has 0 bridgehead atoms. The van der Waals surface area contributed by atoms with E-state index in [0.717, 1.165) is 29.8 Å². The van der Waals surface area contributed by atoms with Crippen LogP contribution in [0.2, 0.25) is 0 Å². The molecule has 6 nitrogen and oxygen atoms in total. The van der Waals surface area contributed by atoms with Crippen LogP contribution in [0.5, 0.6) is 0 Å². The fourth-order valence-corrected chi connectivity index (χ4v) is 6.39. The molecule has 0 radical (unpaired) electrons. The smallest absolute Gasteiger partial charge is 0.322 e. The number of aromatic nitrogens is 1. The van der Waals surface area contributed by atoms with Gasteiger partial charge < -0.3 is 15.0 Å². The van der Waals surface area contributed by atoms with Crippen molar-refractivity contribution in [1.29, 1.82) is 0 Å². The number of carbonyl (C=O) groups is 2. The minimum absolute atomic E-state index is 0.0374. The number of allylic oxidation sites excluding steroid dienone is 1. The van der Waals surface area contributed by atoms with E-state index < -0.39 is 5.41 Å². The second kappa shape index (κ2) is 11.0. The fourth-order valence-electron chi connectivity index (χ4n) is 6.39. The van der Waals surface area contributed by atoms with Crippen molar-refractivity contribution < 1.29 is 14.3 Å². The van der Waals surface area contributed by atoms with Crippen molar-refractivity contribution in [3.8, 4) is 11.1 Å². The van der Waals surface area contributed by atoms with E-state index in [1.165, 1.54) is 0 Å². The molecular weight excluding hydrogens is 450 g/mol. The van der Waals surface area contributed by atoms with Crippen LogP contribution >= 0.6 is 0 Å². The first-order chi connectivity index (χ1) is 17.3. The van der Waals surface area contributed by atoms with E-state index in [4.69, 9.17) is 4.74 Å². The highest BCUT2D eigenvalue weighted by Gasteiger charge is 2.66. The number of fused-ring (bicyclic) bond motifs is 1. The Kier molecular flexibility index (Phi) is 7.94. The maximum Gasteiger partial charge on any atom is 0.322 e. The molecule has 1 saturated carbocycles. The quantitative estimate of drug-likeness (QED) is 0.431. The van der Waals surface area contributed by atoms with Gasteiger partial charge in [0, 0.05) is 30.8 Å². The summed E-state index contributed by atoms with van der Waals surface area (Å²) in [5.41, 5.74) is 1.92. The Morgan fingerprint density at radius 2 is 1.92 bits per heavy atom. The lowest BCUT2D eigenvalue weighted by Crippen LogP contribution is -2.56. The van der Waals surface area contributed by atoms with E-state index in [9.17, 15) is 9.59 Å². The SMILES string of the molecule is CCC1C(C)C[C@@]2(C(=O)NCCN(C)C)C(=O)OC(C)C2C1/C=C/c1ccc(-c2ccccc2)cn1. The summed E-state index contributed by atoms with van der Waals surface area (Å²) < 4.78 is 5.79. The second-order valence-electron chi connectivity index (χ2n) is 10.7. The van der Waals surface area contributed by atoms with Crippen molar-refractivity contribution in [3.63, 3.8) is 0 Å². The third-order valence-corrected chi connectivity index (χ3v) is 8.12. The van der Waals surface area contributed by atoms with Gasteiger partial charge in [-0.05, 0) is 62.9 Å². The van der Waals surface area contributed by atoms with Gasteiger partial charge >= 0.3 is 5.97 Å². The molecule has 2 aromatic rings. The summed E-state index contributed by atoms with van der Waals surface area (Å²) in [6.45, 7) is 7.53. The van der Waals surface area contributed by atoms with Gasteiger partial charge in [-0.25, -0.2) is 0 Å². The summed E-state index contributed by atoms with van der Waals surface area (Å²) in [4.78, 5) is 33.6. The van der Waals surface area contributed by atoms with E-state index >= 15 is 0 Å². The molecular formula is C30H39N3O3. The van der Waals surface area contributed by atoms with E-state index in [0.29, 0.717) is 18.9 Å². The van der Waals surface area contributed by atoms with Crippen LogP contribution in [0.1, 0.15) is 39.3 Å². The molecule has 0 spiro atoms. The first kappa shape index (κ1) is 26.1. The Hall–Kier alpha value is -2.99. The number of carbonyl (C=O) groups excluding carboxylic acids is 2. The Bertz CT molecular complexity index is 1080.